The third kappa shape index (κ3) is 4.74. The zero-order valence-corrected chi connectivity index (χ0v) is 21.5. The molecule has 2 aliphatic rings. The van der Waals surface area contributed by atoms with Crippen molar-refractivity contribution in [2.75, 3.05) is 11.5 Å². The van der Waals surface area contributed by atoms with Gasteiger partial charge in [0.05, 0.1) is 28.1 Å². The Morgan fingerprint density at radius 1 is 1.03 bits per heavy atom. The van der Waals surface area contributed by atoms with Crippen molar-refractivity contribution >= 4 is 56.5 Å². The van der Waals surface area contributed by atoms with Crippen LogP contribution >= 0.6 is 23.2 Å². The van der Waals surface area contributed by atoms with Crippen molar-refractivity contribution in [3.05, 3.63) is 93.2 Å². The number of carbonyl (C=O) groups excluding carboxylic acids is 2. The van der Waals surface area contributed by atoms with Crippen LogP contribution in [0.5, 0.6) is 0 Å². The van der Waals surface area contributed by atoms with Gasteiger partial charge in [-0.1, -0.05) is 53.5 Å². The minimum absolute atomic E-state index is 0.0507. The summed E-state index contributed by atoms with van der Waals surface area (Å²) in [5.74, 6) is -1.25. The Hall–Kier alpha value is -3.64. The molecule has 0 aliphatic carbocycles. The van der Waals surface area contributed by atoms with E-state index in [9.17, 15) is 23.3 Å². The third-order valence-electron chi connectivity index (χ3n) is 6.26. The van der Waals surface area contributed by atoms with Crippen molar-refractivity contribution in [2.24, 2.45) is 0 Å². The molecule has 2 aliphatic heterocycles. The van der Waals surface area contributed by atoms with Crippen molar-refractivity contribution in [2.45, 2.75) is 12.5 Å². The van der Waals surface area contributed by atoms with Crippen LogP contribution in [0.1, 0.15) is 17.7 Å². The van der Waals surface area contributed by atoms with Crippen LogP contribution in [0.2, 0.25) is 10.0 Å². The van der Waals surface area contributed by atoms with Crippen LogP contribution in [0.25, 0.3) is 23.0 Å². The van der Waals surface area contributed by atoms with Gasteiger partial charge in [0.15, 0.2) is 9.84 Å². The van der Waals surface area contributed by atoms with Crippen LogP contribution in [-0.4, -0.2) is 42.7 Å². The molecule has 1 saturated heterocycles. The summed E-state index contributed by atoms with van der Waals surface area (Å²) in [6.07, 6.45) is 1.57. The lowest BCUT2D eigenvalue weighted by molar-refractivity contribution is -0.142. The molecule has 1 fully saturated rings. The van der Waals surface area contributed by atoms with Gasteiger partial charge in [-0.15, -0.1) is 0 Å². The number of carbonyl (C=O) groups is 2. The molecular weight excluding hydrogens is 535 g/mol. The fourth-order valence-electron chi connectivity index (χ4n) is 4.55. The molecule has 186 valence electrons. The summed E-state index contributed by atoms with van der Waals surface area (Å²) < 4.78 is 30.2. The van der Waals surface area contributed by atoms with Gasteiger partial charge in [-0.25, -0.2) is 8.42 Å². The van der Waals surface area contributed by atoms with E-state index in [-0.39, 0.29) is 40.4 Å². The van der Waals surface area contributed by atoms with E-state index in [1.165, 1.54) is 6.08 Å². The van der Waals surface area contributed by atoms with Crippen LogP contribution in [0.4, 0.5) is 0 Å². The van der Waals surface area contributed by atoms with Gasteiger partial charge in [-0.05, 0) is 48.4 Å². The Balaban J connectivity index is 1.65. The average molecular weight is 553 g/mol. The first-order valence-corrected chi connectivity index (χ1v) is 13.8. The Labute approximate surface area is 223 Å². The third-order valence-corrected chi connectivity index (χ3v) is 8.56. The van der Waals surface area contributed by atoms with Crippen molar-refractivity contribution in [3.8, 4) is 17.4 Å². The standard InChI is InChI=1S/C27H18Cl2N2O5S/c28-17-6-8-20(23(29)12-17)24-9-7-19(36-24)13-21-25(16-4-2-1-3-5-16)22(14-30)27(33)31(26(21)32)18-10-11-37(34,35)15-18/h1-9,12-13,18H,10-11,15H2/b21-13-. The first-order valence-electron chi connectivity index (χ1n) is 11.2. The predicted molar refractivity (Wildman–Crippen MR) is 140 cm³/mol. The second-order valence-corrected chi connectivity index (χ2v) is 11.7. The van der Waals surface area contributed by atoms with Crippen LogP contribution in [0.3, 0.4) is 0 Å². The molecule has 0 spiro atoms. The number of rotatable bonds is 4. The van der Waals surface area contributed by atoms with Gasteiger partial charge >= 0.3 is 0 Å². The second kappa shape index (κ2) is 9.67. The number of hydrogen-bond acceptors (Lipinski definition) is 6. The zero-order chi connectivity index (χ0) is 26.3. The molecule has 0 saturated carbocycles. The number of amides is 2. The lowest BCUT2D eigenvalue weighted by atomic mass is 9.87. The van der Waals surface area contributed by atoms with E-state index >= 15 is 0 Å². The van der Waals surface area contributed by atoms with Crippen molar-refractivity contribution in [3.63, 3.8) is 0 Å². The highest BCUT2D eigenvalue weighted by Gasteiger charge is 2.45. The Kier molecular flexibility index (Phi) is 6.54. The number of benzene rings is 2. The van der Waals surface area contributed by atoms with Crippen LogP contribution in [0, 0.1) is 11.3 Å². The highest BCUT2D eigenvalue weighted by atomic mass is 35.5. The maximum Gasteiger partial charge on any atom is 0.272 e. The molecule has 0 N–H and O–H groups in total. The summed E-state index contributed by atoms with van der Waals surface area (Å²) >= 11 is 12.3. The van der Waals surface area contributed by atoms with E-state index in [1.54, 1.807) is 60.7 Å². The molecule has 0 bridgehead atoms. The molecule has 2 aromatic carbocycles. The largest absolute Gasteiger partial charge is 0.457 e. The summed E-state index contributed by atoms with van der Waals surface area (Å²) in [7, 11) is -3.40. The number of imide groups is 1. The van der Waals surface area contributed by atoms with Gasteiger partial charge in [-0.3, -0.25) is 14.5 Å². The number of nitrogens with zero attached hydrogens (tertiary/aromatic N) is 2. The number of sulfone groups is 1. The maximum atomic E-state index is 13.8. The smallest absolute Gasteiger partial charge is 0.272 e. The SMILES string of the molecule is N#CC1=C(c2ccccc2)/C(=C/c2ccc(-c3ccc(Cl)cc3Cl)o2)C(=O)N(C2CCS(=O)(=O)C2)C1=O. The topological polar surface area (TPSA) is 108 Å². The number of hydrogen-bond donors (Lipinski definition) is 0. The number of nitriles is 1. The van der Waals surface area contributed by atoms with E-state index in [0.717, 1.165) is 4.90 Å². The Morgan fingerprint density at radius 3 is 2.43 bits per heavy atom. The molecule has 3 heterocycles. The molecule has 2 amide bonds. The van der Waals surface area contributed by atoms with Crippen molar-refractivity contribution in [1.29, 1.82) is 5.26 Å². The van der Waals surface area contributed by atoms with Gasteiger partial charge in [0.2, 0.25) is 0 Å². The van der Waals surface area contributed by atoms with Gasteiger partial charge in [0.25, 0.3) is 11.8 Å². The molecule has 1 unspecified atom stereocenters. The first kappa shape index (κ1) is 25.0. The summed E-state index contributed by atoms with van der Waals surface area (Å²) in [6, 6.07) is 18.0. The fourth-order valence-corrected chi connectivity index (χ4v) is 6.75. The summed E-state index contributed by atoms with van der Waals surface area (Å²) in [5.41, 5.74) is 1.06. The minimum atomic E-state index is -3.40. The van der Waals surface area contributed by atoms with E-state index in [4.69, 9.17) is 27.6 Å². The molecule has 0 radical (unpaired) electrons. The molecular formula is C27H18Cl2N2O5S. The van der Waals surface area contributed by atoms with Gasteiger partial charge in [-0.2, -0.15) is 5.26 Å². The Morgan fingerprint density at radius 2 is 1.78 bits per heavy atom. The second-order valence-electron chi connectivity index (χ2n) is 8.65. The predicted octanol–water partition coefficient (Wildman–Crippen LogP) is 5.17. The van der Waals surface area contributed by atoms with Gasteiger partial charge in [0.1, 0.15) is 23.2 Å². The molecule has 5 rings (SSSR count). The Bertz CT molecular complexity index is 1650. The van der Waals surface area contributed by atoms with Crippen molar-refractivity contribution in [1.82, 2.24) is 4.90 Å². The average Bonchev–Trinajstić information content (AvgIpc) is 3.47. The maximum absolute atomic E-state index is 13.8. The summed E-state index contributed by atoms with van der Waals surface area (Å²) in [6.45, 7) is 0. The van der Waals surface area contributed by atoms with Crippen LogP contribution in [-0.2, 0) is 19.4 Å². The molecule has 37 heavy (non-hydrogen) atoms. The number of halogens is 2. The van der Waals surface area contributed by atoms with Crippen LogP contribution < -0.4 is 0 Å². The molecule has 10 heteroatoms. The van der Waals surface area contributed by atoms with E-state index < -0.39 is 27.7 Å². The lowest BCUT2D eigenvalue weighted by Crippen LogP contribution is -2.49. The highest BCUT2D eigenvalue weighted by molar-refractivity contribution is 7.91. The highest BCUT2D eigenvalue weighted by Crippen LogP contribution is 2.38. The van der Waals surface area contributed by atoms with Crippen LogP contribution in [0.15, 0.2) is 76.2 Å². The van der Waals surface area contributed by atoms with E-state index in [2.05, 4.69) is 0 Å². The zero-order valence-electron chi connectivity index (χ0n) is 19.1. The summed E-state index contributed by atoms with van der Waals surface area (Å²) in [4.78, 5) is 28.0. The van der Waals surface area contributed by atoms with E-state index in [0.29, 0.717) is 26.9 Å². The molecule has 1 aromatic heterocycles. The van der Waals surface area contributed by atoms with Crippen molar-refractivity contribution < 1.29 is 22.4 Å². The molecule has 1 atom stereocenters. The molecule has 3 aromatic rings. The quantitative estimate of drug-likeness (QED) is 0.326. The normalized spacial score (nSPS) is 20.5. The monoisotopic (exact) mass is 552 g/mol. The number of furan rings is 1. The van der Waals surface area contributed by atoms with E-state index in [1.807, 2.05) is 6.07 Å². The van der Waals surface area contributed by atoms with Gasteiger partial charge < -0.3 is 4.42 Å². The first-order chi connectivity index (χ1) is 17.7. The summed E-state index contributed by atoms with van der Waals surface area (Å²) in [5, 5.41) is 10.8. The lowest BCUT2D eigenvalue weighted by Gasteiger charge is -2.32. The van der Waals surface area contributed by atoms with Gasteiger partial charge in [0, 0.05) is 16.2 Å². The molecule has 7 nitrogen and oxygen atoms in total. The minimum Gasteiger partial charge on any atom is -0.457 e. The fraction of sp³-hybridized carbons (Fsp3) is 0.148.